The first-order valence-corrected chi connectivity index (χ1v) is 5.67. The third kappa shape index (κ3) is 3.57. The van der Waals surface area contributed by atoms with E-state index in [1.54, 1.807) is 0 Å². The Morgan fingerprint density at radius 1 is 1.61 bits per heavy atom. The molecule has 1 aromatic heterocycles. The standard InChI is InChI=1S/C9H11F3N2O3S/c1-5(15)7-3-6(14(16)17)8(18-7)13(2)4-9(10,11)12/h3,5,15H,4H2,1-2H3. The first kappa shape index (κ1) is 14.7. The number of aliphatic hydroxyl groups excluding tert-OH is 1. The summed E-state index contributed by atoms with van der Waals surface area (Å²) < 4.78 is 36.7. The van der Waals surface area contributed by atoms with Gasteiger partial charge in [-0.2, -0.15) is 13.2 Å². The number of rotatable bonds is 4. The molecule has 0 spiro atoms. The molecule has 0 aliphatic heterocycles. The summed E-state index contributed by atoms with van der Waals surface area (Å²) in [6.07, 6.45) is -5.40. The first-order valence-electron chi connectivity index (χ1n) is 4.86. The number of hydrogen-bond donors (Lipinski definition) is 1. The SMILES string of the molecule is CC(O)c1cc([N+](=O)[O-])c(N(C)CC(F)(F)F)s1. The van der Waals surface area contributed by atoms with E-state index in [0.717, 1.165) is 29.4 Å². The van der Waals surface area contributed by atoms with Crippen LogP contribution in [-0.2, 0) is 0 Å². The van der Waals surface area contributed by atoms with Gasteiger partial charge in [0, 0.05) is 18.0 Å². The van der Waals surface area contributed by atoms with Crippen molar-refractivity contribution in [2.45, 2.75) is 19.2 Å². The number of aliphatic hydroxyl groups is 1. The molecule has 9 heteroatoms. The van der Waals surface area contributed by atoms with Crippen LogP contribution < -0.4 is 4.90 Å². The second kappa shape index (κ2) is 5.11. The zero-order chi connectivity index (χ0) is 14.1. The molecule has 18 heavy (non-hydrogen) atoms. The van der Waals surface area contributed by atoms with Crippen LogP contribution in [-0.4, -0.2) is 29.8 Å². The van der Waals surface area contributed by atoms with Crippen molar-refractivity contribution in [2.24, 2.45) is 0 Å². The predicted molar refractivity (Wildman–Crippen MR) is 60.9 cm³/mol. The van der Waals surface area contributed by atoms with Gasteiger partial charge in [-0.05, 0) is 6.92 Å². The summed E-state index contributed by atoms with van der Waals surface area (Å²) in [6, 6.07) is 1.09. The number of hydrogen-bond acceptors (Lipinski definition) is 5. The molecule has 102 valence electrons. The van der Waals surface area contributed by atoms with Crippen molar-refractivity contribution in [1.29, 1.82) is 0 Å². The van der Waals surface area contributed by atoms with Gasteiger partial charge in [-0.25, -0.2) is 0 Å². The van der Waals surface area contributed by atoms with E-state index in [-0.39, 0.29) is 9.88 Å². The summed E-state index contributed by atoms with van der Waals surface area (Å²) in [7, 11) is 1.12. The fourth-order valence-electron chi connectivity index (χ4n) is 1.34. The Balaban J connectivity index is 3.10. The Bertz CT molecular complexity index is 445. The van der Waals surface area contributed by atoms with Crippen LogP contribution in [0.15, 0.2) is 6.07 Å². The fraction of sp³-hybridized carbons (Fsp3) is 0.556. The van der Waals surface area contributed by atoms with Gasteiger partial charge < -0.3 is 10.0 Å². The first-order chi connectivity index (χ1) is 8.11. The molecule has 1 unspecified atom stereocenters. The van der Waals surface area contributed by atoms with Gasteiger partial charge in [0.2, 0.25) is 0 Å². The van der Waals surface area contributed by atoms with Crippen LogP contribution in [0.2, 0.25) is 0 Å². The molecule has 0 radical (unpaired) electrons. The van der Waals surface area contributed by atoms with Gasteiger partial charge in [-0.1, -0.05) is 0 Å². The molecule has 0 saturated carbocycles. The quantitative estimate of drug-likeness (QED) is 0.682. The summed E-state index contributed by atoms with van der Waals surface area (Å²) in [4.78, 5) is 11.0. The molecular formula is C9H11F3N2O3S. The summed E-state index contributed by atoms with van der Waals surface area (Å²) in [5.74, 6) is 0. The number of nitro groups is 1. The molecule has 0 amide bonds. The van der Waals surface area contributed by atoms with Crippen LogP contribution in [0.3, 0.4) is 0 Å². The Labute approximate surface area is 105 Å². The molecule has 0 saturated heterocycles. The largest absolute Gasteiger partial charge is 0.405 e. The number of anilines is 1. The Hall–Kier alpha value is -1.35. The third-order valence-electron chi connectivity index (χ3n) is 2.08. The topological polar surface area (TPSA) is 66.6 Å². The Morgan fingerprint density at radius 3 is 2.56 bits per heavy atom. The second-order valence-electron chi connectivity index (χ2n) is 3.74. The van der Waals surface area contributed by atoms with Gasteiger partial charge in [0.25, 0.3) is 0 Å². The Morgan fingerprint density at radius 2 is 2.17 bits per heavy atom. The van der Waals surface area contributed by atoms with Crippen LogP contribution in [0.4, 0.5) is 23.9 Å². The lowest BCUT2D eigenvalue weighted by Gasteiger charge is -2.18. The summed E-state index contributed by atoms with van der Waals surface area (Å²) in [6.45, 7) is 0.108. The number of halogens is 3. The zero-order valence-corrected chi connectivity index (χ0v) is 10.4. The lowest BCUT2D eigenvalue weighted by Crippen LogP contribution is -2.30. The maximum atomic E-state index is 12.2. The van der Waals surface area contributed by atoms with Gasteiger partial charge in [-0.15, -0.1) is 11.3 Å². The molecule has 1 rings (SSSR count). The van der Waals surface area contributed by atoms with Crippen LogP contribution in [0, 0.1) is 10.1 Å². The van der Waals surface area contributed by atoms with Crippen LogP contribution in [0.25, 0.3) is 0 Å². The van der Waals surface area contributed by atoms with Gasteiger partial charge in [0.15, 0.2) is 5.00 Å². The highest BCUT2D eigenvalue weighted by Crippen LogP contribution is 2.40. The predicted octanol–water partition coefficient (Wildman–Crippen LogP) is 2.71. The third-order valence-corrected chi connectivity index (χ3v) is 3.49. The lowest BCUT2D eigenvalue weighted by molar-refractivity contribution is -0.383. The monoisotopic (exact) mass is 284 g/mol. The molecule has 1 heterocycles. The summed E-state index contributed by atoms with van der Waals surface area (Å²) in [5.41, 5.74) is -0.428. The minimum atomic E-state index is -4.45. The van der Waals surface area contributed by atoms with Crippen molar-refractivity contribution in [2.75, 3.05) is 18.5 Å². The average molecular weight is 284 g/mol. The molecule has 0 aliphatic carbocycles. The van der Waals surface area contributed by atoms with Crippen molar-refractivity contribution < 1.29 is 23.2 Å². The van der Waals surface area contributed by atoms with Crippen molar-refractivity contribution in [3.8, 4) is 0 Å². The van der Waals surface area contributed by atoms with Gasteiger partial charge >= 0.3 is 11.9 Å². The number of nitrogens with zero attached hydrogens (tertiary/aromatic N) is 2. The molecular weight excluding hydrogens is 273 g/mol. The van der Waals surface area contributed by atoms with E-state index in [1.807, 2.05) is 0 Å². The maximum absolute atomic E-state index is 12.2. The molecule has 5 nitrogen and oxygen atoms in total. The minimum absolute atomic E-state index is 0.117. The maximum Gasteiger partial charge on any atom is 0.405 e. The van der Waals surface area contributed by atoms with Crippen molar-refractivity contribution in [3.63, 3.8) is 0 Å². The second-order valence-corrected chi connectivity index (χ2v) is 4.81. The summed E-state index contributed by atoms with van der Waals surface area (Å²) in [5, 5.41) is 19.9. The van der Waals surface area contributed by atoms with Crippen molar-refractivity contribution in [1.82, 2.24) is 0 Å². The van der Waals surface area contributed by atoms with E-state index in [1.165, 1.54) is 6.92 Å². The molecule has 0 bridgehead atoms. The highest BCUT2D eigenvalue weighted by atomic mass is 32.1. The van der Waals surface area contributed by atoms with Crippen molar-refractivity contribution >= 4 is 22.0 Å². The molecule has 1 atom stereocenters. The highest BCUT2D eigenvalue weighted by molar-refractivity contribution is 7.16. The van der Waals surface area contributed by atoms with Crippen LogP contribution in [0.1, 0.15) is 17.9 Å². The normalized spacial score (nSPS) is 13.4. The highest BCUT2D eigenvalue weighted by Gasteiger charge is 2.33. The summed E-state index contributed by atoms with van der Waals surface area (Å²) >= 11 is 0.779. The number of alkyl halides is 3. The van der Waals surface area contributed by atoms with E-state index >= 15 is 0 Å². The average Bonchev–Trinajstić information content (AvgIpc) is 2.58. The minimum Gasteiger partial charge on any atom is -0.388 e. The van der Waals surface area contributed by atoms with E-state index in [2.05, 4.69) is 0 Å². The molecule has 1 N–H and O–H groups in total. The Kier molecular flexibility index (Phi) is 4.17. The molecule has 0 aliphatic rings. The van der Waals surface area contributed by atoms with E-state index < -0.39 is 29.4 Å². The fourth-order valence-corrected chi connectivity index (χ4v) is 2.36. The number of thiophene rings is 1. The van der Waals surface area contributed by atoms with Crippen LogP contribution in [0.5, 0.6) is 0 Å². The molecule has 1 aromatic rings. The van der Waals surface area contributed by atoms with E-state index in [4.69, 9.17) is 0 Å². The molecule has 0 aromatic carbocycles. The van der Waals surface area contributed by atoms with Gasteiger partial charge in [0.1, 0.15) is 6.54 Å². The lowest BCUT2D eigenvalue weighted by atomic mass is 10.3. The molecule has 0 fully saturated rings. The van der Waals surface area contributed by atoms with E-state index in [0.29, 0.717) is 0 Å². The van der Waals surface area contributed by atoms with Gasteiger partial charge in [-0.3, -0.25) is 10.1 Å². The smallest absolute Gasteiger partial charge is 0.388 e. The van der Waals surface area contributed by atoms with E-state index in [9.17, 15) is 28.4 Å². The van der Waals surface area contributed by atoms with Crippen molar-refractivity contribution in [3.05, 3.63) is 21.1 Å². The zero-order valence-electron chi connectivity index (χ0n) is 9.56. The van der Waals surface area contributed by atoms with Crippen LogP contribution >= 0.6 is 11.3 Å². The van der Waals surface area contributed by atoms with Gasteiger partial charge in [0.05, 0.1) is 11.0 Å².